The van der Waals surface area contributed by atoms with E-state index < -0.39 is 11.9 Å². The molecule has 0 radical (unpaired) electrons. The number of aromatic amines is 1. The van der Waals surface area contributed by atoms with Crippen molar-refractivity contribution in [1.82, 2.24) is 9.97 Å². The van der Waals surface area contributed by atoms with Gasteiger partial charge in [0.2, 0.25) is 0 Å². The van der Waals surface area contributed by atoms with E-state index in [0.29, 0.717) is 40.3 Å². The van der Waals surface area contributed by atoms with Crippen LogP contribution in [0.3, 0.4) is 0 Å². The molecule has 0 aliphatic heterocycles. The first-order chi connectivity index (χ1) is 13.9. The van der Waals surface area contributed by atoms with Crippen LogP contribution in [0.15, 0.2) is 47.3 Å². The molecule has 0 spiro atoms. The van der Waals surface area contributed by atoms with Gasteiger partial charge in [-0.2, -0.15) is 0 Å². The molecule has 29 heavy (non-hydrogen) atoms. The topological polar surface area (TPSA) is 101 Å². The van der Waals surface area contributed by atoms with Crippen LogP contribution in [-0.4, -0.2) is 28.5 Å². The number of aromatic nitrogens is 2. The van der Waals surface area contributed by atoms with Gasteiger partial charge in [0.25, 0.3) is 11.5 Å². The van der Waals surface area contributed by atoms with Gasteiger partial charge in [0.05, 0.1) is 10.9 Å². The fourth-order valence-corrected chi connectivity index (χ4v) is 2.98. The Balaban J connectivity index is 1.45. The lowest BCUT2D eigenvalue weighted by molar-refractivity contribution is -0.147. The van der Waals surface area contributed by atoms with Gasteiger partial charge in [0.15, 0.2) is 6.61 Å². The Labute approximate surface area is 172 Å². The average Bonchev–Trinajstić information content (AvgIpc) is 2.70. The van der Waals surface area contributed by atoms with Crippen LogP contribution in [0.25, 0.3) is 10.9 Å². The summed E-state index contributed by atoms with van der Waals surface area (Å²) < 4.78 is 5.00. The van der Waals surface area contributed by atoms with Gasteiger partial charge in [-0.3, -0.25) is 14.4 Å². The molecule has 0 aliphatic carbocycles. The second-order valence-electron chi connectivity index (χ2n) is 6.50. The van der Waals surface area contributed by atoms with Crippen LogP contribution in [0.5, 0.6) is 0 Å². The molecule has 8 heteroatoms. The van der Waals surface area contributed by atoms with Crippen molar-refractivity contribution >= 4 is 40.1 Å². The number of carbonyl (C=O) groups is 2. The highest BCUT2D eigenvalue weighted by Crippen LogP contribution is 2.22. The number of rotatable bonds is 7. The monoisotopic (exact) mass is 413 g/mol. The molecular weight excluding hydrogens is 394 g/mol. The Morgan fingerprint density at radius 3 is 2.79 bits per heavy atom. The quantitative estimate of drug-likeness (QED) is 0.578. The molecule has 1 aromatic heterocycles. The number of benzene rings is 2. The molecule has 0 bridgehead atoms. The minimum Gasteiger partial charge on any atom is -0.456 e. The number of fused-ring (bicyclic) bond motifs is 1. The maximum Gasteiger partial charge on any atom is 0.306 e. The van der Waals surface area contributed by atoms with Crippen LogP contribution in [-0.2, 0) is 20.7 Å². The lowest BCUT2D eigenvalue weighted by Crippen LogP contribution is -2.21. The van der Waals surface area contributed by atoms with Gasteiger partial charge < -0.3 is 15.0 Å². The summed E-state index contributed by atoms with van der Waals surface area (Å²) in [6.45, 7) is 1.41. The third kappa shape index (κ3) is 5.42. The van der Waals surface area contributed by atoms with E-state index in [-0.39, 0.29) is 18.6 Å². The highest BCUT2D eigenvalue weighted by atomic mass is 35.5. The van der Waals surface area contributed by atoms with E-state index in [1.165, 1.54) is 0 Å². The predicted octanol–water partition coefficient (Wildman–Crippen LogP) is 3.39. The lowest BCUT2D eigenvalue weighted by Gasteiger charge is -2.10. The van der Waals surface area contributed by atoms with Crippen LogP contribution in [0.2, 0.25) is 5.02 Å². The van der Waals surface area contributed by atoms with E-state index in [4.69, 9.17) is 16.3 Å². The van der Waals surface area contributed by atoms with Crippen LogP contribution in [0.4, 0.5) is 5.69 Å². The van der Waals surface area contributed by atoms with E-state index in [9.17, 15) is 14.4 Å². The summed E-state index contributed by atoms with van der Waals surface area (Å²) in [7, 11) is 0. The minimum atomic E-state index is -0.494. The second kappa shape index (κ2) is 9.34. The predicted molar refractivity (Wildman–Crippen MR) is 111 cm³/mol. The highest BCUT2D eigenvalue weighted by Gasteiger charge is 2.11. The molecule has 3 rings (SSSR count). The molecule has 7 nitrogen and oxygen atoms in total. The van der Waals surface area contributed by atoms with Gasteiger partial charge >= 0.3 is 5.97 Å². The van der Waals surface area contributed by atoms with Gasteiger partial charge in [-0.15, -0.1) is 0 Å². The Morgan fingerprint density at radius 2 is 1.97 bits per heavy atom. The number of para-hydroxylation sites is 1. The number of ether oxygens (including phenoxy) is 1. The SMILES string of the molecule is Cc1c(Cl)cccc1NC(=O)COC(=O)CCCc1nc2ccccc2c(=O)[nH]1. The summed E-state index contributed by atoms with van der Waals surface area (Å²) >= 11 is 6.01. The first-order valence-corrected chi connectivity index (χ1v) is 9.50. The van der Waals surface area contributed by atoms with E-state index in [0.717, 1.165) is 5.56 Å². The van der Waals surface area contributed by atoms with Crippen LogP contribution in [0.1, 0.15) is 24.2 Å². The first kappa shape index (κ1) is 20.5. The zero-order valence-corrected chi connectivity index (χ0v) is 16.6. The summed E-state index contributed by atoms with van der Waals surface area (Å²) in [5.74, 6) is -0.425. The summed E-state index contributed by atoms with van der Waals surface area (Å²) in [6.07, 6.45) is 0.970. The Hall–Kier alpha value is -3.19. The maximum absolute atomic E-state index is 12.0. The van der Waals surface area contributed by atoms with Crippen molar-refractivity contribution in [2.24, 2.45) is 0 Å². The molecule has 1 amide bonds. The van der Waals surface area contributed by atoms with Crippen molar-refractivity contribution in [3.8, 4) is 0 Å². The van der Waals surface area contributed by atoms with E-state index in [1.807, 2.05) is 6.07 Å². The zero-order valence-electron chi connectivity index (χ0n) is 15.8. The third-order valence-electron chi connectivity index (χ3n) is 4.36. The van der Waals surface area contributed by atoms with Crippen molar-refractivity contribution < 1.29 is 14.3 Å². The summed E-state index contributed by atoms with van der Waals surface area (Å²) in [6, 6.07) is 12.2. The number of hydrogen-bond donors (Lipinski definition) is 2. The third-order valence-corrected chi connectivity index (χ3v) is 4.77. The highest BCUT2D eigenvalue weighted by molar-refractivity contribution is 6.31. The van der Waals surface area contributed by atoms with Crippen molar-refractivity contribution in [3.05, 3.63) is 69.2 Å². The molecule has 2 N–H and O–H groups in total. The van der Waals surface area contributed by atoms with Crippen molar-refractivity contribution in [3.63, 3.8) is 0 Å². The zero-order chi connectivity index (χ0) is 20.8. The number of nitrogens with one attached hydrogen (secondary N) is 2. The van der Waals surface area contributed by atoms with Gasteiger partial charge in [-0.05, 0) is 43.2 Å². The summed E-state index contributed by atoms with van der Waals surface area (Å²) in [5, 5.41) is 3.73. The number of nitrogens with zero attached hydrogens (tertiary/aromatic N) is 1. The number of hydrogen-bond acceptors (Lipinski definition) is 5. The smallest absolute Gasteiger partial charge is 0.306 e. The van der Waals surface area contributed by atoms with Gasteiger partial charge in [0, 0.05) is 23.6 Å². The fourth-order valence-electron chi connectivity index (χ4n) is 2.80. The van der Waals surface area contributed by atoms with Crippen LogP contribution < -0.4 is 10.9 Å². The number of carbonyl (C=O) groups excluding carboxylic acids is 2. The standard InChI is InChI=1S/C21H20ClN3O4/c1-13-15(22)7-4-9-16(13)24-19(26)12-29-20(27)11-5-10-18-23-17-8-3-2-6-14(17)21(28)25-18/h2-4,6-9H,5,10-12H2,1H3,(H,24,26)(H,23,25,28). The molecule has 0 saturated carbocycles. The second-order valence-corrected chi connectivity index (χ2v) is 6.91. The van der Waals surface area contributed by atoms with E-state index in [2.05, 4.69) is 15.3 Å². The number of aryl methyl sites for hydroxylation is 1. The number of amides is 1. The molecule has 1 heterocycles. The van der Waals surface area contributed by atoms with Crippen molar-refractivity contribution in [2.75, 3.05) is 11.9 Å². The average molecular weight is 414 g/mol. The van der Waals surface area contributed by atoms with Crippen molar-refractivity contribution in [1.29, 1.82) is 0 Å². The Bertz CT molecular complexity index is 1110. The molecule has 0 unspecified atom stereocenters. The largest absolute Gasteiger partial charge is 0.456 e. The summed E-state index contributed by atoms with van der Waals surface area (Å²) in [4.78, 5) is 43.0. The number of H-pyrrole nitrogens is 1. The Morgan fingerprint density at radius 1 is 1.17 bits per heavy atom. The molecule has 0 saturated heterocycles. The molecule has 2 aromatic carbocycles. The molecule has 0 fully saturated rings. The fraction of sp³-hybridized carbons (Fsp3) is 0.238. The number of esters is 1. The molecule has 0 atom stereocenters. The van der Waals surface area contributed by atoms with E-state index >= 15 is 0 Å². The summed E-state index contributed by atoms with van der Waals surface area (Å²) in [5.41, 5.74) is 1.72. The minimum absolute atomic E-state index is 0.111. The normalized spacial score (nSPS) is 10.7. The Kier molecular flexibility index (Phi) is 6.61. The molecular formula is C21H20ClN3O4. The van der Waals surface area contributed by atoms with Gasteiger partial charge in [-0.25, -0.2) is 4.98 Å². The van der Waals surface area contributed by atoms with Crippen LogP contribution >= 0.6 is 11.6 Å². The lowest BCUT2D eigenvalue weighted by atomic mass is 10.2. The number of halogens is 1. The molecule has 150 valence electrons. The first-order valence-electron chi connectivity index (χ1n) is 9.12. The van der Waals surface area contributed by atoms with E-state index in [1.54, 1.807) is 43.3 Å². The van der Waals surface area contributed by atoms with Gasteiger partial charge in [0.1, 0.15) is 5.82 Å². The van der Waals surface area contributed by atoms with Crippen LogP contribution in [0, 0.1) is 6.92 Å². The van der Waals surface area contributed by atoms with Gasteiger partial charge in [-0.1, -0.05) is 29.8 Å². The molecule has 3 aromatic rings. The maximum atomic E-state index is 12.0. The van der Waals surface area contributed by atoms with Crippen molar-refractivity contribution in [2.45, 2.75) is 26.2 Å². The molecule has 0 aliphatic rings. The number of anilines is 1.